The first kappa shape index (κ1) is 13.0. The lowest BCUT2D eigenvalue weighted by Crippen LogP contribution is -2.19. The van der Waals surface area contributed by atoms with Gasteiger partial charge in [-0.05, 0) is 24.1 Å². The first-order valence-corrected chi connectivity index (χ1v) is 5.99. The van der Waals surface area contributed by atoms with Gasteiger partial charge in [0.05, 0.1) is 0 Å². The number of nitrogen functional groups attached to an aromatic ring is 1. The van der Waals surface area contributed by atoms with Crippen molar-refractivity contribution < 1.29 is 0 Å². The Labute approximate surface area is 112 Å². The van der Waals surface area contributed by atoms with Crippen molar-refractivity contribution in [1.29, 1.82) is 5.41 Å². The molecule has 19 heavy (non-hydrogen) atoms. The Bertz CT molecular complexity index is 577. The van der Waals surface area contributed by atoms with E-state index in [0.29, 0.717) is 12.5 Å². The van der Waals surface area contributed by atoms with Crippen molar-refractivity contribution in [3.63, 3.8) is 0 Å². The predicted molar refractivity (Wildman–Crippen MR) is 76.3 cm³/mol. The molecule has 1 aromatic carbocycles. The fourth-order valence-corrected chi connectivity index (χ4v) is 1.76. The average Bonchev–Trinajstić information content (AvgIpc) is 2.39. The lowest BCUT2D eigenvalue weighted by Gasteiger charge is -2.17. The van der Waals surface area contributed by atoms with E-state index in [-0.39, 0.29) is 5.84 Å². The van der Waals surface area contributed by atoms with E-state index in [0.717, 1.165) is 16.7 Å². The minimum Gasteiger partial charge on any atom is -0.384 e. The first-order chi connectivity index (χ1) is 9.06. The highest BCUT2D eigenvalue weighted by atomic mass is 15.2. The van der Waals surface area contributed by atoms with E-state index in [1.165, 1.54) is 0 Å². The average molecular weight is 255 g/mol. The molecule has 0 saturated carbocycles. The molecule has 0 fully saturated rings. The molecule has 1 aromatic heterocycles. The number of amidine groups is 1. The molecule has 0 atom stereocenters. The lowest BCUT2D eigenvalue weighted by molar-refractivity contribution is 0.863. The van der Waals surface area contributed by atoms with Gasteiger partial charge in [-0.15, -0.1) is 0 Å². The zero-order chi connectivity index (χ0) is 13.8. The van der Waals surface area contributed by atoms with Gasteiger partial charge in [0.15, 0.2) is 0 Å². The molecule has 0 unspecified atom stereocenters. The second-order valence-corrected chi connectivity index (χ2v) is 4.53. The van der Waals surface area contributed by atoms with Gasteiger partial charge >= 0.3 is 0 Å². The van der Waals surface area contributed by atoms with Gasteiger partial charge in [0.2, 0.25) is 5.95 Å². The molecule has 1 heterocycles. The summed E-state index contributed by atoms with van der Waals surface area (Å²) in [6.07, 6.45) is 3.59. The number of aryl methyl sites for hydroxylation is 1. The van der Waals surface area contributed by atoms with Crippen LogP contribution >= 0.6 is 0 Å². The molecule has 3 N–H and O–H groups in total. The van der Waals surface area contributed by atoms with Crippen LogP contribution in [0.4, 0.5) is 5.95 Å². The van der Waals surface area contributed by atoms with Crippen molar-refractivity contribution in [2.45, 2.75) is 13.5 Å². The second-order valence-electron chi connectivity index (χ2n) is 4.53. The van der Waals surface area contributed by atoms with Gasteiger partial charge in [-0.3, -0.25) is 5.41 Å². The maximum Gasteiger partial charge on any atom is 0.225 e. The highest BCUT2D eigenvalue weighted by molar-refractivity contribution is 5.95. The molecule has 2 aromatic rings. The quantitative estimate of drug-likeness (QED) is 0.644. The number of anilines is 1. The topological polar surface area (TPSA) is 78.9 Å². The number of rotatable bonds is 4. The molecule has 0 bridgehead atoms. The van der Waals surface area contributed by atoms with Gasteiger partial charge < -0.3 is 10.6 Å². The van der Waals surface area contributed by atoms with Gasteiger partial charge in [0.1, 0.15) is 5.84 Å². The van der Waals surface area contributed by atoms with E-state index in [2.05, 4.69) is 9.97 Å². The Morgan fingerprint density at radius 2 is 2.00 bits per heavy atom. The monoisotopic (exact) mass is 255 g/mol. The Morgan fingerprint density at radius 1 is 1.32 bits per heavy atom. The first-order valence-electron chi connectivity index (χ1n) is 5.99. The zero-order valence-corrected chi connectivity index (χ0v) is 11.1. The zero-order valence-electron chi connectivity index (χ0n) is 11.1. The van der Waals surface area contributed by atoms with Crippen LogP contribution in [0.1, 0.15) is 16.7 Å². The number of nitrogens with one attached hydrogen (secondary N) is 1. The van der Waals surface area contributed by atoms with Crippen LogP contribution in [0.25, 0.3) is 0 Å². The summed E-state index contributed by atoms with van der Waals surface area (Å²) in [6, 6.07) is 7.63. The SMILES string of the molecule is Cc1cnc(N(C)Cc2cccc(C(=N)N)c2)nc1. The van der Waals surface area contributed by atoms with E-state index in [1.807, 2.05) is 43.1 Å². The molecule has 0 amide bonds. The third-order valence-electron chi connectivity index (χ3n) is 2.77. The van der Waals surface area contributed by atoms with Crippen LogP contribution in [-0.4, -0.2) is 22.9 Å². The van der Waals surface area contributed by atoms with Crippen LogP contribution in [0, 0.1) is 12.3 Å². The summed E-state index contributed by atoms with van der Waals surface area (Å²) >= 11 is 0. The molecule has 0 aliphatic heterocycles. The Balaban J connectivity index is 2.14. The molecule has 0 radical (unpaired) electrons. The molecule has 0 aliphatic rings. The summed E-state index contributed by atoms with van der Waals surface area (Å²) < 4.78 is 0. The van der Waals surface area contributed by atoms with Crippen molar-refractivity contribution in [3.8, 4) is 0 Å². The van der Waals surface area contributed by atoms with Crippen LogP contribution in [0.3, 0.4) is 0 Å². The highest BCUT2D eigenvalue weighted by Crippen LogP contribution is 2.11. The summed E-state index contributed by atoms with van der Waals surface area (Å²) in [5.74, 6) is 0.759. The highest BCUT2D eigenvalue weighted by Gasteiger charge is 2.06. The van der Waals surface area contributed by atoms with Crippen molar-refractivity contribution >= 4 is 11.8 Å². The molecule has 98 valence electrons. The Kier molecular flexibility index (Phi) is 3.75. The molecule has 0 aliphatic carbocycles. The van der Waals surface area contributed by atoms with Crippen LogP contribution in [-0.2, 0) is 6.54 Å². The van der Waals surface area contributed by atoms with Crippen molar-refractivity contribution in [1.82, 2.24) is 9.97 Å². The van der Waals surface area contributed by atoms with Crippen LogP contribution in [0.5, 0.6) is 0 Å². The van der Waals surface area contributed by atoms with Crippen molar-refractivity contribution in [2.75, 3.05) is 11.9 Å². The third-order valence-corrected chi connectivity index (χ3v) is 2.77. The lowest BCUT2D eigenvalue weighted by atomic mass is 10.1. The van der Waals surface area contributed by atoms with E-state index in [9.17, 15) is 0 Å². The van der Waals surface area contributed by atoms with Gasteiger partial charge in [-0.2, -0.15) is 0 Å². The van der Waals surface area contributed by atoms with Gasteiger partial charge in [-0.25, -0.2) is 9.97 Å². The van der Waals surface area contributed by atoms with Gasteiger partial charge in [0, 0.05) is 31.5 Å². The molecule has 0 saturated heterocycles. The van der Waals surface area contributed by atoms with Crippen LogP contribution < -0.4 is 10.6 Å². The number of hydrogen-bond acceptors (Lipinski definition) is 4. The number of hydrogen-bond donors (Lipinski definition) is 2. The summed E-state index contributed by atoms with van der Waals surface area (Å²) in [4.78, 5) is 10.5. The minimum absolute atomic E-state index is 0.0797. The number of aromatic nitrogens is 2. The molecule has 2 rings (SSSR count). The van der Waals surface area contributed by atoms with E-state index < -0.39 is 0 Å². The third kappa shape index (κ3) is 3.28. The Morgan fingerprint density at radius 3 is 2.63 bits per heavy atom. The van der Waals surface area contributed by atoms with Gasteiger partial charge in [0.25, 0.3) is 0 Å². The van der Waals surface area contributed by atoms with Gasteiger partial charge in [-0.1, -0.05) is 18.2 Å². The fraction of sp³-hybridized carbons (Fsp3) is 0.214. The molecule has 0 spiro atoms. The maximum absolute atomic E-state index is 7.44. The van der Waals surface area contributed by atoms with Crippen molar-refractivity contribution in [3.05, 3.63) is 53.3 Å². The smallest absolute Gasteiger partial charge is 0.225 e. The molecule has 5 nitrogen and oxygen atoms in total. The summed E-state index contributed by atoms with van der Waals surface area (Å²) in [5, 5.41) is 7.44. The molecule has 5 heteroatoms. The number of nitrogens with zero attached hydrogens (tertiary/aromatic N) is 3. The standard InChI is InChI=1S/C14H17N5/c1-10-7-17-14(18-8-10)19(2)9-11-4-3-5-12(6-11)13(15)16/h3-8H,9H2,1-2H3,(H3,15,16). The molecular formula is C14H17N5. The summed E-state index contributed by atoms with van der Waals surface area (Å²) in [7, 11) is 1.94. The minimum atomic E-state index is 0.0797. The predicted octanol–water partition coefficient (Wildman–Crippen LogP) is 1.71. The van der Waals surface area contributed by atoms with Crippen molar-refractivity contribution in [2.24, 2.45) is 5.73 Å². The van der Waals surface area contributed by atoms with E-state index in [4.69, 9.17) is 11.1 Å². The number of nitrogens with two attached hydrogens (primary N) is 1. The number of benzene rings is 1. The Hall–Kier alpha value is -2.43. The summed E-state index contributed by atoms with van der Waals surface area (Å²) in [6.45, 7) is 2.63. The molecular weight excluding hydrogens is 238 g/mol. The van der Waals surface area contributed by atoms with E-state index in [1.54, 1.807) is 12.4 Å². The van der Waals surface area contributed by atoms with E-state index >= 15 is 0 Å². The normalized spacial score (nSPS) is 10.2. The summed E-state index contributed by atoms with van der Waals surface area (Å²) in [5.41, 5.74) is 8.32. The largest absolute Gasteiger partial charge is 0.384 e. The fourth-order valence-electron chi connectivity index (χ4n) is 1.76. The maximum atomic E-state index is 7.44. The van der Waals surface area contributed by atoms with Crippen LogP contribution in [0.2, 0.25) is 0 Å². The van der Waals surface area contributed by atoms with Crippen LogP contribution in [0.15, 0.2) is 36.7 Å². The second kappa shape index (κ2) is 5.48.